The highest BCUT2D eigenvalue weighted by Crippen LogP contribution is 2.38. The molecule has 0 saturated heterocycles. The average molecular weight is 277 g/mol. The van der Waals surface area contributed by atoms with E-state index < -0.39 is 11.7 Å². The van der Waals surface area contributed by atoms with Crippen molar-refractivity contribution in [3.63, 3.8) is 0 Å². The number of halogens is 3. The van der Waals surface area contributed by atoms with Gasteiger partial charge in [-0.15, -0.1) is 0 Å². The van der Waals surface area contributed by atoms with E-state index in [1.54, 1.807) is 30.3 Å². The molecular formula is C15H10F3NO. The number of nitriles is 1. The summed E-state index contributed by atoms with van der Waals surface area (Å²) in [7, 11) is 0. The molecule has 2 aromatic rings. The minimum atomic E-state index is -4.58. The van der Waals surface area contributed by atoms with Crippen LogP contribution >= 0.6 is 0 Å². The van der Waals surface area contributed by atoms with E-state index in [2.05, 4.69) is 0 Å². The standard InChI is InChI=1S/C15H10F3NO/c1-10-2-5-12(6-3-10)20-14-7-4-11(9-19)8-13(14)15(16,17)18/h2-8H,1H3. The maximum atomic E-state index is 12.9. The van der Waals surface area contributed by atoms with Crippen LogP contribution in [0.4, 0.5) is 13.2 Å². The molecule has 2 rings (SSSR count). The first-order chi connectivity index (χ1) is 9.40. The minimum absolute atomic E-state index is 0.0615. The van der Waals surface area contributed by atoms with E-state index in [1.807, 2.05) is 6.92 Å². The Morgan fingerprint density at radius 2 is 1.70 bits per heavy atom. The number of hydrogen-bond donors (Lipinski definition) is 0. The molecule has 2 aromatic carbocycles. The van der Waals surface area contributed by atoms with Crippen LogP contribution in [0.2, 0.25) is 0 Å². The van der Waals surface area contributed by atoms with Crippen molar-refractivity contribution in [2.75, 3.05) is 0 Å². The fourth-order valence-electron chi connectivity index (χ4n) is 1.64. The number of nitrogens with zero attached hydrogens (tertiary/aromatic N) is 1. The van der Waals surface area contributed by atoms with E-state index in [-0.39, 0.29) is 11.3 Å². The molecule has 0 saturated carbocycles. The summed E-state index contributed by atoms with van der Waals surface area (Å²) in [5, 5.41) is 8.68. The average Bonchev–Trinajstić information content (AvgIpc) is 2.40. The summed E-state index contributed by atoms with van der Waals surface area (Å²) in [6.07, 6.45) is -4.58. The summed E-state index contributed by atoms with van der Waals surface area (Å²) in [4.78, 5) is 0. The van der Waals surface area contributed by atoms with Crippen molar-refractivity contribution in [3.8, 4) is 17.6 Å². The van der Waals surface area contributed by atoms with Gasteiger partial charge >= 0.3 is 6.18 Å². The third-order valence-corrected chi connectivity index (χ3v) is 2.66. The molecule has 0 atom stereocenters. The Bertz CT molecular complexity index is 654. The van der Waals surface area contributed by atoms with Crippen LogP contribution in [0.3, 0.4) is 0 Å². The molecule has 0 fully saturated rings. The SMILES string of the molecule is Cc1ccc(Oc2ccc(C#N)cc2C(F)(F)F)cc1. The van der Waals surface area contributed by atoms with Gasteiger partial charge in [0.05, 0.1) is 17.2 Å². The first kappa shape index (κ1) is 13.9. The van der Waals surface area contributed by atoms with Crippen LogP contribution in [0.5, 0.6) is 11.5 Å². The predicted octanol–water partition coefficient (Wildman–Crippen LogP) is 4.68. The number of alkyl halides is 3. The Kier molecular flexibility index (Phi) is 3.66. The molecule has 0 N–H and O–H groups in total. The molecule has 2 nitrogen and oxygen atoms in total. The number of rotatable bonds is 2. The summed E-state index contributed by atoms with van der Waals surface area (Å²) < 4.78 is 44.1. The van der Waals surface area contributed by atoms with Gasteiger partial charge in [-0.1, -0.05) is 17.7 Å². The fourth-order valence-corrected chi connectivity index (χ4v) is 1.64. The quantitative estimate of drug-likeness (QED) is 0.798. The molecule has 0 spiro atoms. The van der Waals surface area contributed by atoms with Gasteiger partial charge in [0.25, 0.3) is 0 Å². The monoisotopic (exact) mass is 277 g/mol. The van der Waals surface area contributed by atoms with Crippen molar-refractivity contribution in [3.05, 3.63) is 59.2 Å². The van der Waals surface area contributed by atoms with Gasteiger partial charge < -0.3 is 4.74 Å². The molecule has 102 valence electrons. The molecule has 0 aromatic heterocycles. The fraction of sp³-hybridized carbons (Fsp3) is 0.133. The van der Waals surface area contributed by atoms with E-state index in [1.165, 1.54) is 6.07 Å². The Morgan fingerprint density at radius 3 is 2.25 bits per heavy atom. The Morgan fingerprint density at radius 1 is 1.05 bits per heavy atom. The lowest BCUT2D eigenvalue weighted by Gasteiger charge is -2.14. The van der Waals surface area contributed by atoms with Crippen molar-refractivity contribution < 1.29 is 17.9 Å². The van der Waals surface area contributed by atoms with Crippen LogP contribution in [0.25, 0.3) is 0 Å². The van der Waals surface area contributed by atoms with E-state index in [0.717, 1.165) is 17.7 Å². The van der Waals surface area contributed by atoms with E-state index in [0.29, 0.717) is 5.75 Å². The number of aryl methyl sites for hydroxylation is 1. The molecule has 5 heteroatoms. The van der Waals surface area contributed by atoms with Crippen LogP contribution in [0.15, 0.2) is 42.5 Å². The largest absolute Gasteiger partial charge is 0.457 e. The smallest absolute Gasteiger partial charge is 0.420 e. The van der Waals surface area contributed by atoms with Crippen molar-refractivity contribution in [1.29, 1.82) is 5.26 Å². The zero-order valence-corrected chi connectivity index (χ0v) is 10.5. The van der Waals surface area contributed by atoms with Gasteiger partial charge in [-0.05, 0) is 37.3 Å². The summed E-state index contributed by atoms with van der Waals surface area (Å²) in [5.74, 6) is -0.00818. The van der Waals surface area contributed by atoms with Gasteiger partial charge in [0.2, 0.25) is 0 Å². The predicted molar refractivity (Wildman–Crippen MR) is 67.4 cm³/mol. The molecule has 0 unspecified atom stereocenters. The summed E-state index contributed by atoms with van der Waals surface area (Å²) in [5.41, 5.74) is -0.0427. The molecule has 0 heterocycles. The van der Waals surface area contributed by atoms with E-state index in [4.69, 9.17) is 10.00 Å². The van der Waals surface area contributed by atoms with Crippen LogP contribution in [-0.4, -0.2) is 0 Å². The number of ether oxygens (including phenoxy) is 1. The molecule has 0 aliphatic rings. The third kappa shape index (κ3) is 3.09. The lowest BCUT2D eigenvalue weighted by atomic mass is 10.1. The summed E-state index contributed by atoms with van der Waals surface area (Å²) in [6, 6.07) is 11.6. The molecule has 0 radical (unpaired) electrons. The first-order valence-corrected chi connectivity index (χ1v) is 5.76. The highest BCUT2D eigenvalue weighted by atomic mass is 19.4. The second kappa shape index (κ2) is 5.25. The maximum Gasteiger partial charge on any atom is 0.420 e. The van der Waals surface area contributed by atoms with Crippen LogP contribution in [-0.2, 0) is 6.18 Å². The van der Waals surface area contributed by atoms with Crippen LogP contribution in [0, 0.1) is 18.3 Å². The molecule has 20 heavy (non-hydrogen) atoms. The van der Waals surface area contributed by atoms with Crippen molar-refractivity contribution in [2.45, 2.75) is 13.1 Å². The van der Waals surface area contributed by atoms with Crippen LogP contribution in [0.1, 0.15) is 16.7 Å². The van der Waals surface area contributed by atoms with E-state index >= 15 is 0 Å². The molecule has 0 amide bonds. The van der Waals surface area contributed by atoms with Crippen molar-refractivity contribution in [2.24, 2.45) is 0 Å². The van der Waals surface area contributed by atoms with Gasteiger partial charge in [0.15, 0.2) is 0 Å². The Balaban J connectivity index is 2.41. The highest BCUT2D eigenvalue weighted by molar-refractivity contribution is 5.45. The summed E-state index contributed by atoms with van der Waals surface area (Å²) in [6.45, 7) is 1.87. The molecular weight excluding hydrogens is 267 g/mol. The number of benzene rings is 2. The van der Waals surface area contributed by atoms with Crippen molar-refractivity contribution in [1.82, 2.24) is 0 Å². The van der Waals surface area contributed by atoms with Gasteiger partial charge in [0, 0.05) is 0 Å². The molecule has 0 aliphatic carbocycles. The molecule has 0 aliphatic heterocycles. The zero-order valence-electron chi connectivity index (χ0n) is 10.5. The lowest BCUT2D eigenvalue weighted by molar-refractivity contribution is -0.138. The Labute approximate surface area is 114 Å². The number of hydrogen-bond acceptors (Lipinski definition) is 2. The minimum Gasteiger partial charge on any atom is -0.457 e. The van der Waals surface area contributed by atoms with Gasteiger partial charge in [-0.2, -0.15) is 18.4 Å². The summed E-state index contributed by atoms with van der Waals surface area (Å²) >= 11 is 0. The second-order valence-corrected chi connectivity index (χ2v) is 4.24. The Hall–Kier alpha value is -2.48. The van der Waals surface area contributed by atoms with Gasteiger partial charge in [-0.3, -0.25) is 0 Å². The van der Waals surface area contributed by atoms with Gasteiger partial charge in [-0.25, -0.2) is 0 Å². The lowest BCUT2D eigenvalue weighted by Crippen LogP contribution is -2.07. The van der Waals surface area contributed by atoms with Crippen LogP contribution < -0.4 is 4.74 Å². The zero-order chi connectivity index (χ0) is 14.8. The van der Waals surface area contributed by atoms with E-state index in [9.17, 15) is 13.2 Å². The van der Waals surface area contributed by atoms with Crippen molar-refractivity contribution >= 4 is 0 Å². The topological polar surface area (TPSA) is 33.0 Å². The third-order valence-electron chi connectivity index (χ3n) is 2.66. The van der Waals surface area contributed by atoms with Gasteiger partial charge in [0.1, 0.15) is 11.5 Å². The highest BCUT2D eigenvalue weighted by Gasteiger charge is 2.35. The maximum absolute atomic E-state index is 12.9. The normalized spacial score (nSPS) is 10.9. The second-order valence-electron chi connectivity index (χ2n) is 4.24. The molecule has 0 bridgehead atoms. The first-order valence-electron chi connectivity index (χ1n) is 5.76.